The molecule has 3 nitrogen and oxygen atoms in total. The normalized spacial score (nSPS) is 23.0. The number of nitrogens with zero attached hydrogens (tertiary/aromatic N) is 2. The molecule has 0 saturated carbocycles. The number of benzene rings is 1. The van der Waals surface area contributed by atoms with E-state index in [1.54, 1.807) is 0 Å². The summed E-state index contributed by atoms with van der Waals surface area (Å²) in [6.07, 6.45) is 2.45. The fraction of sp³-hybridized carbons (Fsp3) is 0.579. The first-order valence-corrected chi connectivity index (χ1v) is 8.61. The van der Waals surface area contributed by atoms with Crippen LogP contribution in [0, 0.1) is 0 Å². The van der Waals surface area contributed by atoms with Gasteiger partial charge in [-0.3, -0.25) is 4.90 Å². The molecule has 2 aliphatic heterocycles. The second-order valence-electron chi connectivity index (χ2n) is 6.88. The largest absolute Gasteiger partial charge is 0.369 e. The molecule has 120 valence electrons. The highest BCUT2D eigenvalue weighted by atomic mass is 15.3. The summed E-state index contributed by atoms with van der Waals surface area (Å²) in [5.74, 6) is 0. The van der Waals surface area contributed by atoms with Crippen LogP contribution in [-0.2, 0) is 6.42 Å². The first-order chi connectivity index (χ1) is 10.6. The number of nitrogens with one attached hydrogen (secondary N) is 1. The molecule has 0 unspecified atom stereocenters. The number of aryl methyl sites for hydroxylation is 1. The Labute approximate surface area is 135 Å². The van der Waals surface area contributed by atoms with Crippen LogP contribution >= 0.6 is 0 Å². The van der Waals surface area contributed by atoms with Crippen LogP contribution in [0.2, 0.25) is 0 Å². The lowest BCUT2D eigenvalue weighted by Crippen LogP contribution is -2.46. The first kappa shape index (κ1) is 15.6. The topological polar surface area (TPSA) is 18.5 Å². The zero-order valence-corrected chi connectivity index (χ0v) is 14.1. The smallest absolute Gasteiger partial charge is 0.0370 e. The van der Waals surface area contributed by atoms with Crippen LogP contribution < -0.4 is 10.2 Å². The molecule has 0 aliphatic carbocycles. The van der Waals surface area contributed by atoms with Crippen LogP contribution in [0.3, 0.4) is 0 Å². The molecular formula is C19H29N3. The quantitative estimate of drug-likeness (QED) is 0.866. The van der Waals surface area contributed by atoms with Gasteiger partial charge in [-0.1, -0.05) is 18.2 Å². The van der Waals surface area contributed by atoms with E-state index in [4.69, 9.17) is 0 Å². The van der Waals surface area contributed by atoms with Crippen molar-refractivity contribution in [2.75, 3.05) is 44.2 Å². The van der Waals surface area contributed by atoms with Gasteiger partial charge in [0.1, 0.15) is 0 Å². The van der Waals surface area contributed by atoms with Crippen molar-refractivity contribution in [2.45, 2.75) is 32.7 Å². The summed E-state index contributed by atoms with van der Waals surface area (Å²) in [5, 5.41) is 3.62. The summed E-state index contributed by atoms with van der Waals surface area (Å²) in [5.41, 5.74) is 5.68. The highest BCUT2D eigenvalue weighted by molar-refractivity contribution is 5.52. The standard InChI is InChI=1S/C19H29N3/c1-15(2)14-21-9-11-22(12-10-21)18-7-6-17-5-4-8-20-16(3)19(17)13-18/h6-7,13,16,20H,1,4-5,8-12,14H2,2-3H3/t16-/m0/s1. The number of anilines is 1. The molecule has 0 amide bonds. The minimum atomic E-state index is 0.474. The Bertz CT molecular complexity index is 529. The van der Waals surface area contributed by atoms with Gasteiger partial charge in [0.25, 0.3) is 0 Å². The van der Waals surface area contributed by atoms with Gasteiger partial charge in [-0.2, -0.15) is 0 Å². The zero-order valence-electron chi connectivity index (χ0n) is 14.1. The average molecular weight is 299 g/mol. The minimum Gasteiger partial charge on any atom is -0.369 e. The van der Waals surface area contributed by atoms with Crippen LogP contribution in [0.5, 0.6) is 0 Å². The van der Waals surface area contributed by atoms with Crippen molar-refractivity contribution >= 4 is 5.69 Å². The van der Waals surface area contributed by atoms with Gasteiger partial charge in [0.05, 0.1) is 0 Å². The van der Waals surface area contributed by atoms with Crippen molar-refractivity contribution in [2.24, 2.45) is 0 Å². The van der Waals surface area contributed by atoms with Gasteiger partial charge in [0.15, 0.2) is 0 Å². The summed E-state index contributed by atoms with van der Waals surface area (Å²) in [4.78, 5) is 5.04. The second-order valence-corrected chi connectivity index (χ2v) is 6.88. The van der Waals surface area contributed by atoms with Gasteiger partial charge in [-0.05, 0) is 56.5 Å². The summed E-state index contributed by atoms with van der Waals surface area (Å²) >= 11 is 0. The van der Waals surface area contributed by atoms with Crippen molar-refractivity contribution in [1.82, 2.24) is 10.2 Å². The van der Waals surface area contributed by atoms with E-state index < -0.39 is 0 Å². The third-order valence-corrected chi connectivity index (χ3v) is 4.90. The van der Waals surface area contributed by atoms with Gasteiger partial charge in [0, 0.05) is 44.5 Å². The third kappa shape index (κ3) is 3.53. The van der Waals surface area contributed by atoms with Gasteiger partial charge in [-0.25, -0.2) is 0 Å². The Hall–Kier alpha value is -1.32. The monoisotopic (exact) mass is 299 g/mol. The summed E-state index contributed by atoms with van der Waals surface area (Å²) in [7, 11) is 0. The Balaban J connectivity index is 1.70. The zero-order chi connectivity index (χ0) is 15.5. The lowest BCUT2D eigenvalue weighted by molar-refractivity contribution is 0.278. The fourth-order valence-electron chi connectivity index (χ4n) is 3.66. The molecule has 0 bridgehead atoms. The molecule has 3 rings (SSSR count). The fourth-order valence-corrected chi connectivity index (χ4v) is 3.66. The lowest BCUT2D eigenvalue weighted by atomic mass is 9.98. The van der Waals surface area contributed by atoms with Crippen LogP contribution in [0.1, 0.15) is 37.4 Å². The highest BCUT2D eigenvalue weighted by Gasteiger charge is 2.20. The van der Waals surface area contributed by atoms with E-state index in [2.05, 4.69) is 53.7 Å². The predicted molar refractivity (Wildman–Crippen MR) is 94.6 cm³/mol. The van der Waals surface area contributed by atoms with Crippen LogP contribution in [0.25, 0.3) is 0 Å². The van der Waals surface area contributed by atoms with Crippen molar-refractivity contribution in [1.29, 1.82) is 0 Å². The van der Waals surface area contributed by atoms with E-state index in [1.807, 2.05) is 0 Å². The molecule has 0 radical (unpaired) electrons. The molecule has 22 heavy (non-hydrogen) atoms. The summed E-state index contributed by atoms with van der Waals surface area (Å²) < 4.78 is 0. The maximum atomic E-state index is 4.03. The molecule has 0 spiro atoms. The Morgan fingerprint density at radius 1 is 1.27 bits per heavy atom. The first-order valence-electron chi connectivity index (χ1n) is 8.61. The molecular weight excluding hydrogens is 270 g/mol. The van der Waals surface area contributed by atoms with E-state index in [0.717, 1.165) is 39.3 Å². The van der Waals surface area contributed by atoms with Gasteiger partial charge >= 0.3 is 0 Å². The number of piperazine rings is 1. The van der Waals surface area contributed by atoms with Crippen LogP contribution in [0.15, 0.2) is 30.4 Å². The second kappa shape index (κ2) is 6.84. The van der Waals surface area contributed by atoms with Gasteiger partial charge < -0.3 is 10.2 Å². The van der Waals surface area contributed by atoms with Crippen molar-refractivity contribution in [3.05, 3.63) is 41.5 Å². The van der Waals surface area contributed by atoms with Crippen molar-refractivity contribution in [3.8, 4) is 0 Å². The molecule has 2 aliphatic rings. The Morgan fingerprint density at radius 3 is 2.77 bits per heavy atom. The number of fused-ring (bicyclic) bond motifs is 1. The number of hydrogen-bond acceptors (Lipinski definition) is 3. The Morgan fingerprint density at radius 2 is 2.05 bits per heavy atom. The molecule has 3 heteroatoms. The highest BCUT2D eigenvalue weighted by Crippen LogP contribution is 2.28. The molecule has 1 N–H and O–H groups in total. The minimum absolute atomic E-state index is 0.474. The number of hydrogen-bond donors (Lipinski definition) is 1. The van der Waals surface area contributed by atoms with Crippen molar-refractivity contribution in [3.63, 3.8) is 0 Å². The van der Waals surface area contributed by atoms with Crippen molar-refractivity contribution < 1.29 is 0 Å². The molecule has 1 atom stereocenters. The van der Waals surface area contributed by atoms with Gasteiger partial charge in [-0.15, -0.1) is 0 Å². The van der Waals surface area contributed by atoms with Gasteiger partial charge in [0.2, 0.25) is 0 Å². The summed E-state index contributed by atoms with van der Waals surface area (Å²) in [6.45, 7) is 15.1. The molecule has 2 heterocycles. The lowest BCUT2D eigenvalue weighted by Gasteiger charge is -2.36. The molecule has 1 aromatic carbocycles. The van der Waals surface area contributed by atoms with E-state index in [0.29, 0.717) is 6.04 Å². The van der Waals surface area contributed by atoms with Crippen LogP contribution in [0.4, 0.5) is 5.69 Å². The van der Waals surface area contributed by atoms with E-state index >= 15 is 0 Å². The van der Waals surface area contributed by atoms with E-state index in [9.17, 15) is 0 Å². The average Bonchev–Trinajstić information content (AvgIpc) is 2.69. The number of rotatable bonds is 3. The molecule has 1 saturated heterocycles. The Kier molecular flexibility index (Phi) is 4.84. The molecule has 0 aromatic heterocycles. The maximum Gasteiger partial charge on any atom is 0.0370 e. The van der Waals surface area contributed by atoms with Crippen LogP contribution in [-0.4, -0.2) is 44.2 Å². The van der Waals surface area contributed by atoms with E-state index in [-0.39, 0.29) is 0 Å². The molecule has 1 aromatic rings. The summed E-state index contributed by atoms with van der Waals surface area (Å²) in [6, 6.07) is 7.58. The maximum absolute atomic E-state index is 4.03. The third-order valence-electron chi connectivity index (χ3n) is 4.90. The van der Waals surface area contributed by atoms with E-state index in [1.165, 1.54) is 35.2 Å². The molecule has 1 fully saturated rings. The SMILES string of the molecule is C=C(C)CN1CCN(c2ccc3c(c2)[C@H](C)NCCC3)CC1. The predicted octanol–water partition coefficient (Wildman–Crippen LogP) is 2.98.